The van der Waals surface area contributed by atoms with E-state index in [4.69, 9.17) is 5.11 Å². The molecule has 0 spiro atoms. The molecule has 18 heavy (non-hydrogen) atoms. The molecule has 1 aromatic rings. The Morgan fingerprint density at radius 1 is 1.39 bits per heavy atom. The highest BCUT2D eigenvalue weighted by Crippen LogP contribution is 2.22. The van der Waals surface area contributed by atoms with Gasteiger partial charge in [-0.25, -0.2) is 9.97 Å². The number of nitrogens with zero attached hydrogens (tertiary/aromatic N) is 4. The van der Waals surface area contributed by atoms with Crippen molar-refractivity contribution in [2.75, 3.05) is 38.7 Å². The number of hydrogen-bond donors (Lipinski definition) is 2. The van der Waals surface area contributed by atoms with Gasteiger partial charge in [0.25, 0.3) is 0 Å². The summed E-state index contributed by atoms with van der Waals surface area (Å²) in [5.74, 6) is 0.687. The van der Waals surface area contributed by atoms with Gasteiger partial charge in [-0.3, -0.25) is 4.90 Å². The predicted octanol–water partition coefficient (Wildman–Crippen LogP) is -0.528. The average Bonchev–Trinajstić information content (AvgIpc) is 2.72. The van der Waals surface area contributed by atoms with Crippen molar-refractivity contribution in [1.82, 2.24) is 14.9 Å². The molecule has 0 saturated carbocycles. The SMILES string of the molecule is CN(C)c1ncc(CN2CC[C@](O)(CO)C2)cn1. The second kappa shape index (κ2) is 5.17. The van der Waals surface area contributed by atoms with Crippen molar-refractivity contribution < 1.29 is 10.2 Å². The van der Waals surface area contributed by atoms with Crippen LogP contribution in [0.3, 0.4) is 0 Å². The van der Waals surface area contributed by atoms with Crippen LogP contribution in [0.1, 0.15) is 12.0 Å². The van der Waals surface area contributed by atoms with Crippen LogP contribution >= 0.6 is 0 Å². The third kappa shape index (κ3) is 2.95. The first-order valence-electron chi connectivity index (χ1n) is 6.06. The van der Waals surface area contributed by atoms with Crippen molar-refractivity contribution in [2.45, 2.75) is 18.6 Å². The summed E-state index contributed by atoms with van der Waals surface area (Å²) in [5.41, 5.74) is 0.0764. The van der Waals surface area contributed by atoms with E-state index in [1.807, 2.05) is 19.0 Å². The Balaban J connectivity index is 1.94. The Labute approximate surface area is 107 Å². The van der Waals surface area contributed by atoms with Gasteiger partial charge in [-0.1, -0.05) is 0 Å². The zero-order valence-electron chi connectivity index (χ0n) is 10.9. The first-order chi connectivity index (χ1) is 8.52. The second-order valence-corrected chi connectivity index (χ2v) is 5.13. The van der Waals surface area contributed by atoms with Crippen LogP contribution in [0.5, 0.6) is 0 Å². The molecule has 0 radical (unpaired) electrons. The van der Waals surface area contributed by atoms with Gasteiger partial charge in [0.1, 0.15) is 5.60 Å². The van der Waals surface area contributed by atoms with Gasteiger partial charge in [-0.15, -0.1) is 0 Å². The molecule has 100 valence electrons. The molecule has 1 fully saturated rings. The number of aromatic nitrogens is 2. The summed E-state index contributed by atoms with van der Waals surface area (Å²) >= 11 is 0. The summed E-state index contributed by atoms with van der Waals surface area (Å²) in [6, 6.07) is 0. The molecule has 2 N–H and O–H groups in total. The molecule has 1 aromatic heterocycles. The number of aliphatic hydroxyl groups is 2. The van der Waals surface area contributed by atoms with Crippen LogP contribution in [0.2, 0.25) is 0 Å². The van der Waals surface area contributed by atoms with E-state index in [0.29, 0.717) is 25.5 Å². The Morgan fingerprint density at radius 2 is 2.06 bits per heavy atom. The first-order valence-corrected chi connectivity index (χ1v) is 6.06. The molecule has 0 bridgehead atoms. The van der Waals surface area contributed by atoms with Crippen LogP contribution in [-0.4, -0.2) is 64.5 Å². The van der Waals surface area contributed by atoms with Gasteiger partial charge in [0.15, 0.2) is 0 Å². The van der Waals surface area contributed by atoms with Gasteiger partial charge in [0.2, 0.25) is 5.95 Å². The maximum absolute atomic E-state index is 9.94. The Hall–Kier alpha value is -1.24. The van der Waals surface area contributed by atoms with Crippen molar-refractivity contribution in [3.05, 3.63) is 18.0 Å². The smallest absolute Gasteiger partial charge is 0.224 e. The van der Waals surface area contributed by atoms with Gasteiger partial charge in [0.05, 0.1) is 6.61 Å². The molecule has 2 rings (SSSR count). The number of aliphatic hydroxyl groups excluding tert-OH is 1. The maximum Gasteiger partial charge on any atom is 0.224 e. The van der Waals surface area contributed by atoms with Crippen LogP contribution in [0, 0.1) is 0 Å². The summed E-state index contributed by atoms with van der Waals surface area (Å²) in [7, 11) is 3.80. The minimum atomic E-state index is -0.940. The molecule has 6 heteroatoms. The summed E-state index contributed by atoms with van der Waals surface area (Å²) in [5, 5.41) is 19.0. The number of rotatable bonds is 4. The fourth-order valence-corrected chi connectivity index (χ4v) is 2.12. The first kappa shape index (κ1) is 13.2. The molecule has 0 unspecified atom stereocenters. The highest BCUT2D eigenvalue weighted by molar-refractivity contribution is 5.26. The summed E-state index contributed by atoms with van der Waals surface area (Å²) < 4.78 is 0. The fraction of sp³-hybridized carbons (Fsp3) is 0.667. The van der Waals surface area contributed by atoms with Crippen molar-refractivity contribution in [1.29, 1.82) is 0 Å². The largest absolute Gasteiger partial charge is 0.393 e. The van der Waals surface area contributed by atoms with E-state index in [1.54, 1.807) is 12.4 Å². The Morgan fingerprint density at radius 3 is 2.56 bits per heavy atom. The minimum Gasteiger partial charge on any atom is -0.393 e. The second-order valence-electron chi connectivity index (χ2n) is 5.13. The molecule has 1 atom stereocenters. The van der Waals surface area contributed by atoms with Crippen LogP contribution in [0.25, 0.3) is 0 Å². The fourth-order valence-electron chi connectivity index (χ4n) is 2.12. The third-order valence-corrected chi connectivity index (χ3v) is 3.20. The van der Waals surface area contributed by atoms with E-state index in [-0.39, 0.29) is 6.61 Å². The molecule has 1 saturated heterocycles. The molecule has 1 aliphatic rings. The number of anilines is 1. The lowest BCUT2D eigenvalue weighted by Crippen LogP contribution is -2.36. The van der Waals surface area contributed by atoms with E-state index < -0.39 is 5.60 Å². The highest BCUT2D eigenvalue weighted by atomic mass is 16.3. The molecule has 0 amide bonds. The van der Waals surface area contributed by atoms with Crippen molar-refractivity contribution in [2.24, 2.45) is 0 Å². The van der Waals surface area contributed by atoms with Crippen LogP contribution in [0.15, 0.2) is 12.4 Å². The lowest BCUT2D eigenvalue weighted by Gasteiger charge is -2.20. The van der Waals surface area contributed by atoms with Crippen molar-refractivity contribution >= 4 is 5.95 Å². The van der Waals surface area contributed by atoms with Gasteiger partial charge >= 0.3 is 0 Å². The molecule has 0 aliphatic carbocycles. The minimum absolute atomic E-state index is 0.181. The van der Waals surface area contributed by atoms with Crippen molar-refractivity contribution in [3.63, 3.8) is 0 Å². The van der Waals surface area contributed by atoms with E-state index in [1.165, 1.54) is 0 Å². The molecule has 0 aromatic carbocycles. The third-order valence-electron chi connectivity index (χ3n) is 3.20. The highest BCUT2D eigenvalue weighted by Gasteiger charge is 2.35. The molecular formula is C12H20N4O2. The maximum atomic E-state index is 9.94. The summed E-state index contributed by atoms with van der Waals surface area (Å²) in [4.78, 5) is 12.5. The molecule has 6 nitrogen and oxygen atoms in total. The topological polar surface area (TPSA) is 72.7 Å². The van der Waals surface area contributed by atoms with Gasteiger partial charge < -0.3 is 15.1 Å². The van der Waals surface area contributed by atoms with E-state index in [0.717, 1.165) is 12.1 Å². The Kier molecular flexibility index (Phi) is 3.79. The van der Waals surface area contributed by atoms with Crippen LogP contribution in [-0.2, 0) is 6.54 Å². The Bertz CT molecular complexity index is 396. The lowest BCUT2D eigenvalue weighted by atomic mass is 10.1. The lowest BCUT2D eigenvalue weighted by molar-refractivity contribution is -0.00581. The number of likely N-dealkylation sites (tertiary alicyclic amines) is 1. The quantitative estimate of drug-likeness (QED) is 0.750. The van der Waals surface area contributed by atoms with Gasteiger partial charge in [-0.2, -0.15) is 0 Å². The number of hydrogen-bond acceptors (Lipinski definition) is 6. The predicted molar refractivity (Wildman–Crippen MR) is 68.3 cm³/mol. The van der Waals surface area contributed by atoms with E-state index in [9.17, 15) is 5.11 Å². The summed E-state index contributed by atoms with van der Waals surface area (Å²) in [6.07, 6.45) is 4.22. The van der Waals surface area contributed by atoms with E-state index >= 15 is 0 Å². The van der Waals surface area contributed by atoms with E-state index in [2.05, 4.69) is 14.9 Å². The van der Waals surface area contributed by atoms with Crippen LogP contribution in [0.4, 0.5) is 5.95 Å². The van der Waals surface area contributed by atoms with Crippen molar-refractivity contribution in [3.8, 4) is 0 Å². The van der Waals surface area contributed by atoms with Crippen LogP contribution < -0.4 is 4.90 Å². The standard InChI is InChI=1S/C12H20N4O2/c1-15(2)11-13-5-10(6-14-11)7-16-4-3-12(18,8-16)9-17/h5-6,17-18H,3-4,7-9H2,1-2H3/t12-/m1/s1. The molecule has 2 heterocycles. The zero-order valence-corrected chi connectivity index (χ0v) is 10.9. The monoisotopic (exact) mass is 252 g/mol. The normalized spacial score (nSPS) is 24.4. The number of β-amino-alcohol motifs (C(OH)–C–C–N with tert-alkyl or cyclic N) is 1. The van der Waals surface area contributed by atoms with Gasteiger partial charge in [0, 0.05) is 51.7 Å². The average molecular weight is 252 g/mol. The zero-order chi connectivity index (χ0) is 13.2. The molecular weight excluding hydrogens is 232 g/mol. The molecule has 1 aliphatic heterocycles. The van der Waals surface area contributed by atoms with Gasteiger partial charge in [-0.05, 0) is 6.42 Å². The summed E-state index contributed by atoms with van der Waals surface area (Å²) in [6.45, 7) is 1.81.